The van der Waals surface area contributed by atoms with E-state index >= 15 is 0 Å². The molecule has 2 amide bonds. The monoisotopic (exact) mass is 459 g/mol. The van der Waals surface area contributed by atoms with Gasteiger partial charge >= 0.3 is 28.4 Å². The first-order chi connectivity index (χ1) is 14.4. The van der Waals surface area contributed by atoms with E-state index in [1.807, 2.05) is 6.07 Å². The SMILES string of the molecule is CC(C)(C)OC(=O)NS(=O)(=O)NCCCC[C@H](NC(=O)OCc1ccccc1)C(=O)O. The van der Waals surface area contributed by atoms with Crippen LogP contribution in [0.15, 0.2) is 30.3 Å². The predicted octanol–water partition coefficient (Wildman–Crippen LogP) is 1.90. The van der Waals surface area contributed by atoms with E-state index in [1.165, 1.54) is 0 Å². The molecular formula is C19H29N3O8S. The van der Waals surface area contributed by atoms with Crippen molar-refractivity contribution in [3.05, 3.63) is 35.9 Å². The summed E-state index contributed by atoms with van der Waals surface area (Å²) in [6.07, 6.45) is -1.33. The second-order valence-electron chi connectivity index (χ2n) is 7.59. The van der Waals surface area contributed by atoms with Crippen molar-refractivity contribution in [1.82, 2.24) is 14.8 Å². The Hall–Kier alpha value is -2.86. The maximum Gasteiger partial charge on any atom is 0.422 e. The minimum atomic E-state index is -4.10. The zero-order valence-corrected chi connectivity index (χ0v) is 18.5. The third-order valence-electron chi connectivity index (χ3n) is 3.63. The van der Waals surface area contributed by atoms with E-state index in [0.717, 1.165) is 5.56 Å². The van der Waals surface area contributed by atoms with Crippen molar-refractivity contribution in [2.24, 2.45) is 0 Å². The van der Waals surface area contributed by atoms with Crippen LogP contribution in [0.4, 0.5) is 9.59 Å². The van der Waals surface area contributed by atoms with E-state index in [4.69, 9.17) is 9.47 Å². The molecule has 0 bridgehead atoms. The lowest BCUT2D eigenvalue weighted by molar-refractivity contribution is -0.139. The Bertz CT molecular complexity index is 837. The second-order valence-corrected chi connectivity index (χ2v) is 9.09. The molecule has 0 spiro atoms. The van der Waals surface area contributed by atoms with Crippen LogP contribution in [0.2, 0.25) is 0 Å². The number of rotatable bonds is 11. The van der Waals surface area contributed by atoms with Gasteiger partial charge in [0.1, 0.15) is 18.2 Å². The Labute approximate surface area is 181 Å². The molecule has 0 radical (unpaired) electrons. The normalized spacial score (nSPS) is 12.5. The lowest BCUT2D eigenvalue weighted by atomic mass is 10.1. The van der Waals surface area contributed by atoms with Crippen LogP contribution in [-0.4, -0.2) is 49.9 Å². The third-order valence-corrected chi connectivity index (χ3v) is 4.65. The highest BCUT2D eigenvalue weighted by Crippen LogP contribution is 2.07. The van der Waals surface area contributed by atoms with Crippen molar-refractivity contribution in [3.63, 3.8) is 0 Å². The van der Waals surface area contributed by atoms with Gasteiger partial charge in [-0.25, -0.2) is 19.1 Å². The van der Waals surface area contributed by atoms with Crippen LogP contribution in [0.25, 0.3) is 0 Å². The largest absolute Gasteiger partial charge is 0.480 e. The summed E-state index contributed by atoms with van der Waals surface area (Å²) in [4.78, 5) is 34.6. The van der Waals surface area contributed by atoms with Gasteiger partial charge in [-0.2, -0.15) is 13.1 Å². The molecule has 0 heterocycles. The second kappa shape index (κ2) is 12.1. The highest BCUT2D eigenvalue weighted by molar-refractivity contribution is 7.88. The van der Waals surface area contributed by atoms with Crippen LogP contribution in [0.1, 0.15) is 45.6 Å². The standard InChI is InChI=1S/C19H29N3O8S/c1-19(2,3)30-18(26)22-31(27,28)20-12-8-7-11-15(16(23)24)21-17(25)29-13-14-9-5-4-6-10-14/h4-6,9-10,15,20H,7-8,11-13H2,1-3H3,(H,21,25)(H,22,26)(H,23,24)/t15-/m0/s1. The average Bonchev–Trinajstić information content (AvgIpc) is 2.63. The molecule has 0 aliphatic heterocycles. The van der Waals surface area contributed by atoms with Crippen LogP contribution in [0, 0.1) is 0 Å². The number of unbranched alkanes of at least 4 members (excludes halogenated alkanes) is 1. The van der Waals surface area contributed by atoms with E-state index in [1.54, 1.807) is 49.8 Å². The summed E-state index contributed by atoms with van der Waals surface area (Å²) in [5.41, 5.74) is -0.0856. The first-order valence-electron chi connectivity index (χ1n) is 9.58. The number of carbonyl (C=O) groups excluding carboxylic acids is 2. The van der Waals surface area contributed by atoms with Gasteiger partial charge in [0.2, 0.25) is 0 Å². The first-order valence-corrected chi connectivity index (χ1v) is 11.1. The quantitative estimate of drug-likeness (QED) is 0.365. The molecule has 1 aromatic rings. The molecule has 0 saturated carbocycles. The molecule has 1 aromatic carbocycles. The minimum Gasteiger partial charge on any atom is -0.480 e. The van der Waals surface area contributed by atoms with Gasteiger partial charge in [-0.3, -0.25) is 0 Å². The van der Waals surface area contributed by atoms with Gasteiger partial charge < -0.3 is 19.9 Å². The predicted molar refractivity (Wildman–Crippen MR) is 111 cm³/mol. The van der Waals surface area contributed by atoms with E-state index in [2.05, 4.69) is 10.0 Å². The van der Waals surface area contributed by atoms with Crippen LogP contribution in [0.3, 0.4) is 0 Å². The summed E-state index contributed by atoms with van der Waals surface area (Å²) in [5, 5.41) is 11.5. The van der Waals surface area contributed by atoms with Gasteiger partial charge in [0.05, 0.1) is 0 Å². The van der Waals surface area contributed by atoms with Crippen LogP contribution in [-0.2, 0) is 31.1 Å². The number of nitrogens with one attached hydrogen (secondary N) is 3. The summed E-state index contributed by atoms with van der Waals surface area (Å²) >= 11 is 0. The Morgan fingerprint density at radius 1 is 1.06 bits per heavy atom. The summed E-state index contributed by atoms with van der Waals surface area (Å²) in [5.74, 6) is -1.23. The molecule has 0 aliphatic carbocycles. The van der Waals surface area contributed by atoms with E-state index in [0.29, 0.717) is 6.42 Å². The summed E-state index contributed by atoms with van der Waals surface area (Å²) in [7, 11) is -4.10. The molecule has 174 valence electrons. The van der Waals surface area contributed by atoms with Gasteiger partial charge in [0.15, 0.2) is 0 Å². The number of ether oxygens (including phenoxy) is 2. The van der Waals surface area contributed by atoms with Gasteiger partial charge in [0, 0.05) is 6.54 Å². The van der Waals surface area contributed by atoms with Gasteiger partial charge in [-0.1, -0.05) is 30.3 Å². The lowest BCUT2D eigenvalue weighted by Crippen LogP contribution is -2.43. The number of carbonyl (C=O) groups is 3. The van der Waals surface area contributed by atoms with E-state index < -0.39 is 40.0 Å². The summed E-state index contributed by atoms with van der Waals surface area (Å²) in [6.45, 7) is 4.75. The molecule has 12 heteroatoms. The zero-order valence-electron chi connectivity index (χ0n) is 17.7. The fourth-order valence-electron chi connectivity index (χ4n) is 2.29. The molecule has 31 heavy (non-hydrogen) atoms. The summed E-state index contributed by atoms with van der Waals surface area (Å²) < 4.78 is 37.3. The van der Waals surface area contributed by atoms with E-state index in [-0.39, 0.29) is 26.0 Å². The molecule has 0 saturated heterocycles. The number of carboxylic acid groups (broad SMARTS) is 1. The Balaban J connectivity index is 2.33. The molecule has 0 fully saturated rings. The molecule has 0 unspecified atom stereocenters. The highest BCUT2D eigenvalue weighted by Gasteiger charge is 2.22. The molecule has 11 nitrogen and oxygen atoms in total. The molecule has 0 aromatic heterocycles. The zero-order chi connectivity index (χ0) is 23.5. The maximum atomic E-state index is 11.8. The van der Waals surface area contributed by atoms with Gasteiger partial charge in [0.25, 0.3) is 0 Å². The summed E-state index contributed by atoms with van der Waals surface area (Å²) in [6, 6.07) is 7.74. The van der Waals surface area contributed by atoms with Crippen molar-refractivity contribution < 1.29 is 37.4 Å². The van der Waals surface area contributed by atoms with Gasteiger partial charge in [-0.15, -0.1) is 0 Å². The number of amides is 2. The number of hydrogen-bond donors (Lipinski definition) is 4. The minimum absolute atomic E-state index is 0.00540. The Morgan fingerprint density at radius 3 is 2.29 bits per heavy atom. The smallest absolute Gasteiger partial charge is 0.422 e. The van der Waals surface area contributed by atoms with Crippen LogP contribution in [0.5, 0.6) is 0 Å². The first kappa shape index (κ1) is 26.2. The fourth-order valence-corrected chi connectivity index (χ4v) is 3.04. The third kappa shape index (κ3) is 12.4. The van der Waals surface area contributed by atoms with Crippen molar-refractivity contribution in [1.29, 1.82) is 0 Å². The molecule has 4 N–H and O–H groups in total. The maximum absolute atomic E-state index is 11.8. The number of benzene rings is 1. The number of hydrogen-bond acceptors (Lipinski definition) is 7. The topological polar surface area (TPSA) is 160 Å². The number of alkyl carbamates (subject to hydrolysis) is 1. The molecule has 1 atom stereocenters. The molecular weight excluding hydrogens is 430 g/mol. The van der Waals surface area contributed by atoms with Crippen molar-refractivity contribution in [2.45, 2.75) is 58.3 Å². The molecule has 1 rings (SSSR count). The highest BCUT2D eigenvalue weighted by atomic mass is 32.2. The van der Waals surface area contributed by atoms with Gasteiger partial charge in [-0.05, 0) is 45.6 Å². The van der Waals surface area contributed by atoms with Crippen molar-refractivity contribution in [3.8, 4) is 0 Å². The average molecular weight is 460 g/mol. The number of aliphatic carboxylic acids is 1. The Kier molecular flexibility index (Phi) is 10.2. The van der Waals surface area contributed by atoms with E-state index in [9.17, 15) is 27.9 Å². The van der Waals surface area contributed by atoms with Crippen molar-refractivity contribution >= 4 is 28.4 Å². The van der Waals surface area contributed by atoms with Crippen LogP contribution >= 0.6 is 0 Å². The number of carboxylic acids is 1. The Morgan fingerprint density at radius 2 is 1.71 bits per heavy atom. The fraction of sp³-hybridized carbons (Fsp3) is 0.526. The van der Waals surface area contributed by atoms with Crippen molar-refractivity contribution in [2.75, 3.05) is 6.54 Å². The lowest BCUT2D eigenvalue weighted by Gasteiger charge is -2.19. The molecule has 0 aliphatic rings. The van der Waals surface area contributed by atoms with Crippen LogP contribution < -0.4 is 14.8 Å².